The number of fused-ring (bicyclic) bond motifs is 2. The van der Waals surface area contributed by atoms with Crippen LogP contribution < -0.4 is 14.2 Å². The predicted molar refractivity (Wildman–Crippen MR) is 103 cm³/mol. The summed E-state index contributed by atoms with van der Waals surface area (Å²) in [4.78, 5) is 16.0. The van der Waals surface area contributed by atoms with Gasteiger partial charge >= 0.3 is 0 Å². The Morgan fingerprint density at radius 1 is 1.00 bits per heavy atom. The molecule has 0 saturated heterocycles. The molecule has 5 nitrogen and oxygen atoms in total. The molecule has 1 aliphatic rings. The van der Waals surface area contributed by atoms with Crippen molar-refractivity contribution in [2.24, 2.45) is 5.41 Å². The van der Waals surface area contributed by atoms with Gasteiger partial charge < -0.3 is 14.2 Å². The molecule has 0 spiro atoms. The number of benzene rings is 2. The Hall–Kier alpha value is -3.08. The van der Waals surface area contributed by atoms with Gasteiger partial charge in [0.1, 0.15) is 5.75 Å². The molecule has 0 atom stereocenters. The summed E-state index contributed by atoms with van der Waals surface area (Å²) in [6, 6.07) is 14.6. The minimum Gasteiger partial charge on any atom is -0.489 e. The number of nitrogens with zero attached hydrogens (tertiary/aromatic N) is 1. The smallest absolute Gasteiger partial charge is 0.219 e. The Balaban J connectivity index is 1.58. The minimum absolute atomic E-state index is 0.0348. The lowest BCUT2D eigenvalue weighted by atomic mass is 9.97. The summed E-state index contributed by atoms with van der Waals surface area (Å²) in [5, 5.41) is 0.899. The number of hydrogen-bond donors (Lipinski definition) is 0. The molecule has 5 heteroatoms. The number of rotatable bonds is 3. The van der Waals surface area contributed by atoms with Gasteiger partial charge in [-0.3, -0.25) is 4.79 Å². The van der Waals surface area contributed by atoms with E-state index in [0.717, 1.165) is 16.7 Å². The van der Waals surface area contributed by atoms with Gasteiger partial charge in [0.2, 0.25) is 5.88 Å². The maximum atomic E-state index is 11.5. The van der Waals surface area contributed by atoms with Crippen LogP contribution in [-0.2, 0) is 0 Å². The monoisotopic (exact) mass is 363 g/mol. The van der Waals surface area contributed by atoms with Crippen molar-refractivity contribution in [3.63, 3.8) is 0 Å². The van der Waals surface area contributed by atoms with Gasteiger partial charge in [0.05, 0.1) is 18.7 Å². The van der Waals surface area contributed by atoms with E-state index in [0.29, 0.717) is 36.2 Å². The van der Waals surface area contributed by atoms with Crippen LogP contribution in [0.25, 0.3) is 10.9 Å². The van der Waals surface area contributed by atoms with Gasteiger partial charge in [0.15, 0.2) is 17.3 Å². The van der Waals surface area contributed by atoms with Crippen molar-refractivity contribution >= 4 is 16.7 Å². The Bertz CT molecular complexity index is 1030. The first-order valence-corrected chi connectivity index (χ1v) is 8.89. The van der Waals surface area contributed by atoms with Crippen LogP contribution in [0.3, 0.4) is 0 Å². The molecule has 3 aromatic rings. The second-order valence-corrected chi connectivity index (χ2v) is 7.57. The number of ketones is 1. The summed E-state index contributed by atoms with van der Waals surface area (Å²) in [6.07, 6.45) is 0. The summed E-state index contributed by atoms with van der Waals surface area (Å²) in [6.45, 7) is 6.95. The maximum absolute atomic E-state index is 11.5. The molecule has 0 fully saturated rings. The molecule has 1 aliphatic heterocycles. The van der Waals surface area contributed by atoms with Gasteiger partial charge in [-0.25, -0.2) is 4.98 Å². The molecule has 0 radical (unpaired) electrons. The number of pyridine rings is 1. The van der Waals surface area contributed by atoms with Gasteiger partial charge in [0, 0.05) is 28.5 Å². The second-order valence-electron chi connectivity index (χ2n) is 7.57. The van der Waals surface area contributed by atoms with Gasteiger partial charge in [-0.2, -0.15) is 0 Å². The van der Waals surface area contributed by atoms with Crippen molar-refractivity contribution in [2.45, 2.75) is 20.8 Å². The molecule has 138 valence electrons. The highest BCUT2D eigenvalue weighted by molar-refractivity contribution is 5.97. The summed E-state index contributed by atoms with van der Waals surface area (Å²) in [7, 11) is 0. The van der Waals surface area contributed by atoms with E-state index in [1.54, 1.807) is 19.1 Å². The lowest BCUT2D eigenvalue weighted by Crippen LogP contribution is -2.26. The molecule has 0 aliphatic carbocycles. The van der Waals surface area contributed by atoms with Crippen LogP contribution in [0.15, 0.2) is 48.5 Å². The highest BCUT2D eigenvalue weighted by Gasteiger charge is 2.25. The van der Waals surface area contributed by atoms with E-state index in [2.05, 4.69) is 18.8 Å². The fourth-order valence-electron chi connectivity index (χ4n) is 2.88. The quantitative estimate of drug-likeness (QED) is 0.611. The van der Waals surface area contributed by atoms with Crippen molar-refractivity contribution in [1.82, 2.24) is 4.98 Å². The van der Waals surface area contributed by atoms with E-state index >= 15 is 0 Å². The largest absolute Gasteiger partial charge is 0.489 e. The second kappa shape index (κ2) is 6.58. The molecule has 0 N–H and O–H groups in total. The molecular formula is C22H21NO4. The summed E-state index contributed by atoms with van der Waals surface area (Å²) in [5.41, 5.74) is 1.40. The highest BCUT2D eigenvalue weighted by atomic mass is 16.5. The third-order valence-electron chi connectivity index (χ3n) is 4.44. The first kappa shape index (κ1) is 17.3. The molecule has 0 bridgehead atoms. The number of ether oxygens (including phenoxy) is 3. The Morgan fingerprint density at radius 3 is 2.56 bits per heavy atom. The zero-order chi connectivity index (χ0) is 19.0. The Kier molecular flexibility index (Phi) is 4.22. The number of aromatic nitrogens is 1. The van der Waals surface area contributed by atoms with E-state index < -0.39 is 0 Å². The Labute approximate surface area is 157 Å². The molecule has 0 amide bonds. The van der Waals surface area contributed by atoms with Crippen LogP contribution in [-0.4, -0.2) is 24.0 Å². The number of Topliss-reactive ketones (excluding diaryl/α,β-unsaturated/α-hetero) is 1. The molecule has 0 unspecified atom stereocenters. The third kappa shape index (κ3) is 3.72. The highest BCUT2D eigenvalue weighted by Crippen LogP contribution is 2.37. The van der Waals surface area contributed by atoms with Crippen LogP contribution in [0, 0.1) is 5.41 Å². The SMILES string of the molecule is CC(=O)c1ccc2nc(Oc3ccc4c(c3)OCC(C)(C)CO4)ccc2c1. The first-order chi connectivity index (χ1) is 12.9. The Morgan fingerprint density at radius 2 is 1.78 bits per heavy atom. The van der Waals surface area contributed by atoms with Gasteiger partial charge in [-0.15, -0.1) is 0 Å². The van der Waals surface area contributed by atoms with Crippen molar-refractivity contribution < 1.29 is 19.0 Å². The first-order valence-electron chi connectivity index (χ1n) is 8.89. The van der Waals surface area contributed by atoms with Crippen LogP contribution in [0.1, 0.15) is 31.1 Å². The molecule has 1 aromatic heterocycles. The standard InChI is InChI=1S/C22H21NO4/c1-14(24)15-4-7-18-16(10-15)5-9-21(23-18)27-17-6-8-19-20(11-17)26-13-22(2,3)12-25-19/h4-11H,12-13H2,1-3H3. The summed E-state index contributed by atoms with van der Waals surface area (Å²) >= 11 is 0. The molecule has 2 heterocycles. The summed E-state index contributed by atoms with van der Waals surface area (Å²) in [5.74, 6) is 2.53. The third-order valence-corrected chi connectivity index (χ3v) is 4.44. The summed E-state index contributed by atoms with van der Waals surface area (Å²) < 4.78 is 17.6. The number of carbonyl (C=O) groups excluding carboxylic acids is 1. The van der Waals surface area contributed by atoms with Crippen LogP contribution in [0.4, 0.5) is 0 Å². The van der Waals surface area contributed by atoms with Crippen molar-refractivity contribution in [2.75, 3.05) is 13.2 Å². The van der Waals surface area contributed by atoms with E-state index in [9.17, 15) is 4.79 Å². The molecular weight excluding hydrogens is 342 g/mol. The molecule has 27 heavy (non-hydrogen) atoms. The fraction of sp³-hybridized carbons (Fsp3) is 0.273. The zero-order valence-electron chi connectivity index (χ0n) is 15.6. The van der Waals surface area contributed by atoms with E-state index in [-0.39, 0.29) is 11.2 Å². The number of carbonyl (C=O) groups is 1. The molecule has 2 aromatic carbocycles. The zero-order valence-corrected chi connectivity index (χ0v) is 15.6. The average Bonchev–Trinajstić information content (AvgIpc) is 2.79. The molecule has 4 rings (SSSR count). The van der Waals surface area contributed by atoms with Crippen LogP contribution >= 0.6 is 0 Å². The lowest BCUT2D eigenvalue weighted by Gasteiger charge is -2.19. The van der Waals surface area contributed by atoms with E-state index in [4.69, 9.17) is 14.2 Å². The van der Waals surface area contributed by atoms with Crippen molar-refractivity contribution in [1.29, 1.82) is 0 Å². The van der Waals surface area contributed by atoms with E-state index in [1.165, 1.54) is 0 Å². The van der Waals surface area contributed by atoms with Crippen molar-refractivity contribution in [3.05, 3.63) is 54.1 Å². The number of hydrogen-bond acceptors (Lipinski definition) is 5. The van der Waals surface area contributed by atoms with Gasteiger partial charge in [-0.1, -0.05) is 13.8 Å². The predicted octanol–water partition coefficient (Wildman–Crippen LogP) is 5.03. The molecule has 0 saturated carbocycles. The fourth-order valence-corrected chi connectivity index (χ4v) is 2.88. The lowest BCUT2D eigenvalue weighted by molar-refractivity contribution is 0.101. The van der Waals surface area contributed by atoms with Crippen LogP contribution in [0.2, 0.25) is 0 Å². The maximum Gasteiger partial charge on any atom is 0.219 e. The topological polar surface area (TPSA) is 57.7 Å². The van der Waals surface area contributed by atoms with Gasteiger partial charge in [-0.05, 0) is 43.3 Å². The van der Waals surface area contributed by atoms with Crippen LogP contribution in [0.5, 0.6) is 23.1 Å². The normalized spacial score (nSPS) is 15.2. The van der Waals surface area contributed by atoms with Gasteiger partial charge in [0.25, 0.3) is 0 Å². The minimum atomic E-state index is -0.0430. The average molecular weight is 363 g/mol. The van der Waals surface area contributed by atoms with Crippen molar-refractivity contribution in [3.8, 4) is 23.1 Å². The van der Waals surface area contributed by atoms with E-state index in [1.807, 2.05) is 36.4 Å².